The zero-order valence-corrected chi connectivity index (χ0v) is 19.2. The number of anilines is 1. The minimum atomic E-state index is -0.315. The van der Waals surface area contributed by atoms with E-state index in [9.17, 15) is 4.79 Å². The lowest BCUT2D eigenvalue weighted by molar-refractivity contribution is -0.116. The molecule has 1 amide bonds. The second kappa shape index (κ2) is 10.7. The van der Waals surface area contributed by atoms with Crippen molar-refractivity contribution >= 4 is 46.3 Å². The van der Waals surface area contributed by atoms with Crippen LogP contribution >= 0.6 is 23.6 Å². The van der Waals surface area contributed by atoms with Gasteiger partial charge in [-0.2, -0.15) is 0 Å². The molecule has 2 aromatic carbocycles. The molecule has 6 nitrogen and oxygen atoms in total. The molecule has 0 spiro atoms. The van der Waals surface area contributed by atoms with Gasteiger partial charge < -0.3 is 10.1 Å². The van der Waals surface area contributed by atoms with Gasteiger partial charge in [0, 0.05) is 17.1 Å². The van der Waals surface area contributed by atoms with E-state index < -0.39 is 0 Å². The summed E-state index contributed by atoms with van der Waals surface area (Å²) in [7, 11) is 0. The van der Waals surface area contributed by atoms with Crippen molar-refractivity contribution in [3.05, 3.63) is 81.3 Å². The minimum Gasteiger partial charge on any atom is -0.487 e. The van der Waals surface area contributed by atoms with E-state index in [1.807, 2.05) is 68.6 Å². The van der Waals surface area contributed by atoms with Crippen molar-refractivity contribution in [3.8, 4) is 5.75 Å². The van der Waals surface area contributed by atoms with Gasteiger partial charge in [0.1, 0.15) is 12.4 Å². The van der Waals surface area contributed by atoms with Crippen molar-refractivity contribution in [2.45, 2.75) is 27.4 Å². The maximum Gasteiger partial charge on any atom is 0.262 e. The lowest BCUT2D eigenvalue weighted by Crippen LogP contribution is -2.43. The number of nitrogens with zero attached hydrogens (tertiary/aromatic N) is 1. The SMILES string of the molecule is Cc1nc(COc2ccc(C=CC(=O)NNC(=S)Nc3cccc(C)c3C)cc2)cs1. The average molecular weight is 453 g/mol. The molecule has 3 rings (SSSR count). The van der Waals surface area contributed by atoms with Crippen molar-refractivity contribution in [2.24, 2.45) is 0 Å². The monoisotopic (exact) mass is 452 g/mol. The van der Waals surface area contributed by atoms with E-state index in [0.29, 0.717) is 11.7 Å². The van der Waals surface area contributed by atoms with Crippen LogP contribution < -0.4 is 20.9 Å². The van der Waals surface area contributed by atoms with E-state index in [4.69, 9.17) is 17.0 Å². The van der Waals surface area contributed by atoms with Crippen LogP contribution in [-0.2, 0) is 11.4 Å². The number of aryl methyl sites for hydroxylation is 2. The molecule has 0 unspecified atom stereocenters. The highest BCUT2D eigenvalue weighted by Gasteiger charge is 2.04. The minimum absolute atomic E-state index is 0.312. The number of hydrogen-bond acceptors (Lipinski definition) is 5. The summed E-state index contributed by atoms with van der Waals surface area (Å²) in [5, 5.41) is 6.40. The van der Waals surface area contributed by atoms with Crippen LogP contribution in [0.5, 0.6) is 5.75 Å². The number of ether oxygens (including phenoxy) is 1. The summed E-state index contributed by atoms with van der Waals surface area (Å²) >= 11 is 6.83. The van der Waals surface area contributed by atoms with Crippen molar-refractivity contribution in [3.63, 3.8) is 0 Å². The van der Waals surface area contributed by atoms with Gasteiger partial charge in [0.25, 0.3) is 5.91 Å². The zero-order valence-electron chi connectivity index (χ0n) is 17.6. The summed E-state index contributed by atoms with van der Waals surface area (Å²) in [5.41, 5.74) is 10.2. The molecular formula is C23H24N4O2S2. The molecule has 8 heteroatoms. The predicted molar refractivity (Wildman–Crippen MR) is 130 cm³/mol. The Balaban J connectivity index is 1.43. The molecule has 3 aromatic rings. The first kappa shape index (κ1) is 22.5. The van der Waals surface area contributed by atoms with Gasteiger partial charge >= 0.3 is 0 Å². The Kier molecular flexibility index (Phi) is 7.75. The third kappa shape index (κ3) is 6.91. The molecule has 160 valence electrons. The molecule has 3 N–H and O–H groups in total. The molecular weight excluding hydrogens is 428 g/mol. The van der Waals surface area contributed by atoms with Gasteiger partial charge in [-0.15, -0.1) is 11.3 Å². The van der Waals surface area contributed by atoms with Crippen LogP contribution in [0.3, 0.4) is 0 Å². The van der Waals surface area contributed by atoms with Crippen molar-refractivity contribution in [2.75, 3.05) is 5.32 Å². The predicted octanol–water partition coefficient (Wildman–Crippen LogP) is 4.68. The topological polar surface area (TPSA) is 75.3 Å². The number of aromatic nitrogens is 1. The van der Waals surface area contributed by atoms with Crippen LogP contribution in [0.25, 0.3) is 6.08 Å². The van der Waals surface area contributed by atoms with E-state index in [0.717, 1.165) is 38.8 Å². The fourth-order valence-corrected chi connectivity index (χ4v) is 3.44. The Hall–Kier alpha value is -3.23. The van der Waals surface area contributed by atoms with Gasteiger partial charge in [-0.25, -0.2) is 4.98 Å². The van der Waals surface area contributed by atoms with E-state index in [1.54, 1.807) is 17.4 Å². The van der Waals surface area contributed by atoms with Gasteiger partial charge in [-0.3, -0.25) is 15.6 Å². The number of rotatable bonds is 6. The number of hydrazine groups is 1. The third-order valence-corrected chi connectivity index (χ3v) is 5.54. The lowest BCUT2D eigenvalue weighted by atomic mass is 10.1. The first-order valence-corrected chi connectivity index (χ1v) is 10.9. The molecule has 0 aliphatic heterocycles. The first-order chi connectivity index (χ1) is 14.9. The molecule has 0 fully saturated rings. The molecule has 1 aromatic heterocycles. The van der Waals surface area contributed by atoms with Crippen LogP contribution in [0, 0.1) is 20.8 Å². The molecule has 0 radical (unpaired) electrons. The van der Waals surface area contributed by atoms with Crippen molar-refractivity contribution < 1.29 is 9.53 Å². The Morgan fingerprint density at radius 2 is 1.90 bits per heavy atom. The van der Waals surface area contributed by atoms with Crippen molar-refractivity contribution in [1.29, 1.82) is 0 Å². The maximum absolute atomic E-state index is 12.0. The number of thiocarbonyl (C=S) groups is 1. The summed E-state index contributed by atoms with van der Waals surface area (Å²) in [4.78, 5) is 16.4. The molecule has 0 atom stereocenters. The second-order valence-electron chi connectivity index (χ2n) is 6.86. The van der Waals surface area contributed by atoms with E-state index >= 15 is 0 Å². The molecule has 0 bridgehead atoms. The largest absolute Gasteiger partial charge is 0.487 e. The molecule has 0 saturated heterocycles. The number of carbonyl (C=O) groups is 1. The smallest absolute Gasteiger partial charge is 0.262 e. The highest BCUT2D eigenvalue weighted by Crippen LogP contribution is 2.18. The number of nitrogens with one attached hydrogen (secondary N) is 3. The van der Waals surface area contributed by atoms with E-state index in [1.165, 1.54) is 6.08 Å². The fraction of sp³-hybridized carbons (Fsp3) is 0.174. The Morgan fingerprint density at radius 3 is 2.61 bits per heavy atom. The van der Waals surface area contributed by atoms with E-state index in [2.05, 4.69) is 21.2 Å². The molecule has 31 heavy (non-hydrogen) atoms. The van der Waals surface area contributed by atoms with Gasteiger partial charge in [0.15, 0.2) is 5.11 Å². The standard InChI is InChI=1S/C23H24N4O2S2/c1-15-5-4-6-21(16(15)2)25-23(30)27-26-22(28)12-9-18-7-10-20(11-8-18)29-13-19-14-31-17(3)24-19/h4-12,14H,13H2,1-3H3,(H,26,28)(H2,25,27,30). The van der Waals surface area contributed by atoms with Gasteiger partial charge in [-0.05, 0) is 74.0 Å². The molecule has 1 heterocycles. The number of carbonyl (C=O) groups excluding carboxylic acids is 1. The number of amides is 1. The van der Waals surface area contributed by atoms with Gasteiger partial charge in [-0.1, -0.05) is 24.3 Å². The third-order valence-electron chi connectivity index (χ3n) is 4.51. The first-order valence-electron chi connectivity index (χ1n) is 9.66. The van der Waals surface area contributed by atoms with Crippen LogP contribution in [0.15, 0.2) is 53.9 Å². The number of thiazole rings is 1. The van der Waals surface area contributed by atoms with E-state index in [-0.39, 0.29) is 5.91 Å². The summed E-state index contributed by atoms with van der Waals surface area (Å²) in [6.45, 7) is 6.45. The quantitative estimate of drug-likeness (QED) is 0.287. The average Bonchev–Trinajstić information content (AvgIpc) is 3.18. The highest BCUT2D eigenvalue weighted by molar-refractivity contribution is 7.80. The lowest BCUT2D eigenvalue weighted by Gasteiger charge is -2.13. The normalized spacial score (nSPS) is 10.7. The van der Waals surface area contributed by atoms with Gasteiger partial charge in [0.05, 0.1) is 10.7 Å². The second-order valence-corrected chi connectivity index (χ2v) is 8.34. The summed E-state index contributed by atoms with van der Waals surface area (Å²) < 4.78 is 5.72. The Morgan fingerprint density at radius 1 is 1.13 bits per heavy atom. The Labute approximate surface area is 191 Å². The molecule has 0 aliphatic carbocycles. The van der Waals surface area contributed by atoms with Crippen LogP contribution in [0.2, 0.25) is 0 Å². The van der Waals surface area contributed by atoms with Gasteiger partial charge in [0.2, 0.25) is 0 Å². The highest BCUT2D eigenvalue weighted by atomic mass is 32.1. The van der Waals surface area contributed by atoms with Crippen LogP contribution in [0.4, 0.5) is 5.69 Å². The zero-order chi connectivity index (χ0) is 22.2. The molecule has 0 aliphatic rings. The van der Waals surface area contributed by atoms with Crippen LogP contribution in [0.1, 0.15) is 27.4 Å². The maximum atomic E-state index is 12.0. The molecule has 0 saturated carbocycles. The summed E-state index contributed by atoms with van der Waals surface area (Å²) in [6, 6.07) is 13.4. The number of benzene rings is 2. The van der Waals surface area contributed by atoms with Crippen LogP contribution in [-0.4, -0.2) is 16.0 Å². The number of hydrogen-bond donors (Lipinski definition) is 3. The fourth-order valence-electron chi connectivity index (χ4n) is 2.68. The summed E-state index contributed by atoms with van der Waals surface area (Å²) in [5.74, 6) is 0.432. The Bertz CT molecular complexity index is 1090. The summed E-state index contributed by atoms with van der Waals surface area (Å²) in [6.07, 6.45) is 3.15. The van der Waals surface area contributed by atoms with Crippen molar-refractivity contribution in [1.82, 2.24) is 15.8 Å².